The van der Waals surface area contributed by atoms with Crippen molar-refractivity contribution in [1.29, 1.82) is 0 Å². The number of nitrogens with two attached hydrogens (primary N) is 1. The van der Waals surface area contributed by atoms with E-state index in [4.69, 9.17) is 15.9 Å². The molecule has 6 N–H and O–H groups in total. The Balaban J connectivity index is 1.62. The molecule has 11 nitrogen and oxygen atoms in total. The Hall–Kier alpha value is -4.28. The quantitative estimate of drug-likeness (QED) is 0.320. The second-order valence-electron chi connectivity index (χ2n) is 7.16. The van der Waals surface area contributed by atoms with Crippen molar-refractivity contribution in [1.82, 2.24) is 20.3 Å². The Kier molecular flexibility index (Phi) is 6.78. The minimum absolute atomic E-state index is 0.00318. The fourth-order valence-electron chi connectivity index (χ4n) is 3.10. The lowest BCUT2D eigenvalue weighted by Gasteiger charge is -2.13. The van der Waals surface area contributed by atoms with Gasteiger partial charge >= 0.3 is 11.9 Å². The van der Waals surface area contributed by atoms with Crippen molar-refractivity contribution in [3.8, 4) is 0 Å². The van der Waals surface area contributed by atoms with Gasteiger partial charge in [-0.05, 0) is 48.6 Å². The molecule has 0 bridgehead atoms. The molecule has 0 radical (unpaired) electrons. The molecule has 0 aliphatic rings. The molecule has 0 saturated heterocycles. The highest BCUT2D eigenvalue weighted by molar-refractivity contribution is 5.96. The van der Waals surface area contributed by atoms with Crippen molar-refractivity contribution in [2.75, 3.05) is 5.73 Å². The molecule has 1 amide bonds. The first-order chi connectivity index (χ1) is 15.2. The van der Waals surface area contributed by atoms with Crippen molar-refractivity contribution in [3.05, 3.63) is 63.6 Å². The number of carboxylic acids is 2. The number of rotatable bonds is 9. The number of anilines is 1. The van der Waals surface area contributed by atoms with E-state index >= 15 is 0 Å². The smallest absolute Gasteiger partial charge is 0.326 e. The highest BCUT2D eigenvalue weighted by atomic mass is 16.4. The molecule has 1 aromatic carbocycles. The average molecular weight is 439 g/mol. The van der Waals surface area contributed by atoms with Gasteiger partial charge in [0.15, 0.2) is 5.65 Å². The van der Waals surface area contributed by atoms with E-state index in [9.17, 15) is 19.2 Å². The zero-order valence-electron chi connectivity index (χ0n) is 16.9. The van der Waals surface area contributed by atoms with Crippen molar-refractivity contribution in [3.63, 3.8) is 0 Å². The van der Waals surface area contributed by atoms with Gasteiger partial charge in [0, 0.05) is 18.2 Å². The number of benzene rings is 1. The SMILES string of the molecule is Nc1nc2ncc(CCc3ccc(C(=O)N[C@@H](CCC(=O)O)C(=O)O)cc3)cc2c(=O)[nH]1. The molecule has 3 rings (SSSR count). The third-order valence-electron chi connectivity index (χ3n) is 4.80. The third-order valence-corrected chi connectivity index (χ3v) is 4.80. The van der Waals surface area contributed by atoms with Crippen LogP contribution in [0.15, 0.2) is 41.3 Å². The van der Waals surface area contributed by atoms with Crippen molar-refractivity contribution in [2.24, 2.45) is 0 Å². The Morgan fingerprint density at radius 2 is 1.78 bits per heavy atom. The number of nitrogens with one attached hydrogen (secondary N) is 2. The van der Waals surface area contributed by atoms with E-state index in [1.165, 1.54) is 0 Å². The molecule has 11 heteroatoms. The Labute approximate surface area is 181 Å². The summed E-state index contributed by atoms with van der Waals surface area (Å²) in [5.74, 6) is -3.03. The van der Waals surface area contributed by atoms with Gasteiger partial charge in [-0.25, -0.2) is 9.78 Å². The lowest BCUT2D eigenvalue weighted by molar-refractivity contribution is -0.140. The maximum atomic E-state index is 12.3. The molecule has 166 valence electrons. The number of aliphatic carboxylic acids is 2. The summed E-state index contributed by atoms with van der Waals surface area (Å²) in [6.07, 6.45) is 2.26. The summed E-state index contributed by atoms with van der Waals surface area (Å²) in [5.41, 5.74) is 7.44. The van der Waals surface area contributed by atoms with Gasteiger partial charge in [-0.1, -0.05) is 12.1 Å². The maximum Gasteiger partial charge on any atom is 0.326 e. The van der Waals surface area contributed by atoms with Crippen LogP contribution in [0, 0.1) is 0 Å². The van der Waals surface area contributed by atoms with Crippen molar-refractivity contribution < 1.29 is 24.6 Å². The topological polar surface area (TPSA) is 188 Å². The first-order valence-corrected chi connectivity index (χ1v) is 9.72. The second kappa shape index (κ2) is 9.69. The van der Waals surface area contributed by atoms with Gasteiger partial charge in [0.2, 0.25) is 5.95 Å². The van der Waals surface area contributed by atoms with Crippen LogP contribution in [0.4, 0.5) is 5.95 Å². The highest BCUT2D eigenvalue weighted by Crippen LogP contribution is 2.12. The molecule has 2 heterocycles. The second-order valence-corrected chi connectivity index (χ2v) is 7.16. The number of hydrogen-bond donors (Lipinski definition) is 5. The normalized spacial score (nSPS) is 11.8. The molecule has 0 saturated carbocycles. The number of nitrogen functional groups attached to an aromatic ring is 1. The molecular formula is C21H21N5O6. The van der Waals surface area contributed by atoms with Crippen LogP contribution < -0.4 is 16.6 Å². The molecule has 3 aromatic rings. The number of fused-ring (bicyclic) bond motifs is 1. The third kappa shape index (κ3) is 5.65. The van der Waals surface area contributed by atoms with Gasteiger partial charge in [-0.2, -0.15) is 4.98 Å². The molecule has 0 aliphatic heterocycles. The van der Waals surface area contributed by atoms with Gasteiger partial charge < -0.3 is 21.3 Å². The van der Waals surface area contributed by atoms with Crippen LogP contribution in [0.25, 0.3) is 11.0 Å². The number of aromatic amines is 1. The van der Waals surface area contributed by atoms with Crippen LogP contribution in [0.5, 0.6) is 0 Å². The van der Waals surface area contributed by atoms with Crippen LogP contribution in [-0.2, 0) is 22.4 Å². The van der Waals surface area contributed by atoms with Gasteiger partial charge in [-0.3, -0.25) is 19.4 Å². The van der Waals surface area contributed by atoms with Crippen LogP contribution >= 0.6 is 0 Å². The number of amides is 1. The van der Waals surface area contributed by atoms with Crippen LogP contribution in [0.2, 0.25) is 0 Å². The number of pyridine rings is 1. The number of carbonyl (C=O) groups excluding carboxylic acids is 1. The maximum absolute atomic E-state index is 12.3. The molecule has 0 aliphatic carbocycles. The number of hydrogen-bond acceptors (Lipinski definition) is 7. The zero-order chi connectivity index (χ0) is 23.3. The van der Waals surface area contributed by atoms with Gasteiger partial charge in [-0.15, -0.1) is 0 Å². The predicted molar refractivity (Wildman–Crippen MR) is 114 cm³/mol. The monoisotopic (exact) mass is 439 g/mol. The number of carbonyl (C=O) groups is 3. The van der Waals surface area contributed by atoms with Gasteiger partial charge in [0.05, 0.1) is 5.39 Å². The summed E-state index contributed by atoms with van der Waals surface area (Å²) in [7, 11) is 0. The number of aromatic nitrogens is 3. The number of aryl methyl sites for hydroxylation is 2. The van der Waals surface area contributed by atoms with E-state index < -0.39 is 23.9 Å². The highest BCUT2D eigenvalue weighted by Gasteiger charge is 2.21. The fraction of sp³-hybridized carbons (Fsp3) is 0.238. The first kappa shape index (κ1) is 22.4. The van der Waals surface area contributed by atoms with Crippen LogP contribution in [-0.4, -0.2) is 49.1 Å². The molecule has 2 aromatic heterocycles. The summed E-state index contributed by atoms with van der Waals surface area (Å²) in [4.78, 5) is 56.8. The average Bonchev–Trinajstić information content (AvgIpc) is 2.75. The van der Waals surface area contributed by atoms with E-state index in [-0.39, 0.29) is 35.6 Å². The van der Waals surface area contributed by atoms with Crippen LogP contribution in [0.3, 0.4) is 0 Å². The molecular weight excluding hydrogens is 418 g/mol. The first-order valence-electron chi connectivity index (χ1n) is 9.72. The fourth-order valence-corrected chi connectivity index (χ4v) is 3.10. The van der Waals surface area contributed by atoms with Crippen molar-refractivity contribution in [2.45, 2.75) is 31.7 Å². The van der Waals surface area contributed by atoms with E-state index in [1.54, 1.807) is 36.5 Å². The van der Waals surface area contributed by atoms with Gasteiger partial charge in [0.25, 0.3) is 11.5 Å². The van der Waals surface area contributed by atoms with Gasteiger partial charge in [0.1, 0.15) is 6.04 Å². The molecule has 0 fully saturated rings. The van der Waals surface area contributed by atoms with E-state index in [2.05, 4.69) is 20.3 Å². The van der Waals surface area contributed by atoms with E-state index in [1.807, 2.05) is 0 Å². The lowest BCUT2D eigenvalue weighted by Crippen LogP contribution is -2.41. The minimum atomic E-state index is -1.29. The number of carboxylic acid groups (broad SMARTS) is 2. The molecule has 32 heavy (non-hydrogen) atoms. The van der Waals surface area contributed by atoms with E-state index in [0.717, 1.165) is 11.1 Å². The molecule has 0 spiro atoms. The summed E-state index contributed by atoms with van der Waals surface area (Å²) in [6, 6.07) is 7.04. The largest absolute Gasteiger partial charge is 0.481 e. The Morgan fingerprint density at radius 1 is 1.09 bits per heavy atom. The number of nitrogens with zero attached hydrogens (tertiary/aromatic N) is 2. The zero-order valence-corrected chi connectivity index (χ0v) is 16.9. The molecule has 1 atom stereocenters. The Morgan fingerprint density at radius 3 is 2.44 bits per heavy atom. The lowest BCUT2D eigenvalue weighted by atomic mass is 10.0. The van der Waals surface area contributed by atoms with Crippen molar-refractivity contribution >= 4 is 34.8 Å². The summed E-state index contributed by atoms with van der Waals surface area (Å²) in [6.45, 7) is 0. The number of H-pyrrole nitrogens is 1. The predicted octanol–water partition coefficient (Wildman–Crippen LogP) is 0.733. The Bertz CT molecular complexity index is 1220. The summed E-state index contributed by atoms with van der Waals surface area (Å²) < 4.78 is 0. The van der Waals surface area contributed by atoms with E-state index in [0.29, 0.717) is 18.2 Å². The molecule has 0 unspecified atom stereocenters. The standard InChI is InChI=1S/C21H21N5O6/c22-21-25-17-14(19(30)26-21)9-12(10-23-17)2-1-11-3-5-13(6-4-11)18(29)24-15(20(31)32)7-8-16(27)28/h3-6,9-10,15H,1-2,7-8H2,(H,24,29)(H,27,28)(H,31,32)(H3,22,23,25,26,30)/t15-/m0/s1. The summed E-state index contributed by atoms with van der Waals surface area (Å²) in [5, 5.41) is 20.5. The minimum Gasteiger partial charge on any atom is -0.481 e. The summed E-state index contributed by atoms with van der Waals surface area (Å²) >= 11 is 0. The van der Waals surface area contributed by atoms with Crippen LogP contribution in [0.1, 0.15) is 34.3 Å².